The van der Waals surface area contributed by atoms with E-state index >= 15 is 0 Å². The van der Waals surface area contributed by atoms with Gasteiger partial charge in [-0.2, -0.15) is 4.98 Å². The lowest BCUT2D eigenvalue weighted by Gasteiger charge is -2.22. The summed E-state index contributed by atoms with van der Waals surface area (Å²) in [6, 6.07) is 11.3. The van der Waals surface area contributed by atoms with Crippen LogP contribution in [-0.2, 0) is 9.59 Å². The number of nitrogens with zero attached hydrogens (tertiary/aromatic N) is 3. The Hall–Kier alpha value is -4.08. The number of nitrogens with one attached hydrogen (secondary N) is 2. The van der Waals surface area contributed by atoms with E-state index in [0.29, 0.717) is 28.8 Å². The number of benzene rings is 2. The summed E-state index contributed by atoms with van der Waals surface area (Å²) in [5, 5.41) is 9.93. The number of hydrogen-bond acceptors (Lipinski definition) is 7. The van der Waals surface area contributed by atoms with Crippen molar-refractivity contribution in [2.75, 3.05) is 32.0 Å². The second-order valence-electron chi connectivity index (χ2n) is 6.79. The average molecular weight is 423 g/mol. The lowest BCUT2D eigenvalue weighted by molar-refractivity contribution is -0.125. The Balaban J connectivity index is 1.62. The molecule has 1 atom stereocenters. The van der Waals surface area contributed by atoms with Crippen molar-refractivity contribution in [3.05, 3.63) is 42.5 Å². The van der Waals surface area contributed by atoms with Crippen LogP contribution in [0.4, 0.5) is 11.6 Å². The van der Waals surface area contributed by atoms with Crippen LogP contribution in [0.15, 0.2) is 42.5 Å². The molecule has 1 aliphatic rings. The second kappa shape index (κ2) is 8.34. The Morgan fingerprint density at radius 1 is 1.03 bits per heavy atom. The Labute approximate surface area is 178 Å². The normalized spacial score (nSPS) is 14.9. The van der Waals surface area contributed by atoms with Gasteiger partial charge >= 0.3 is 0 Å². The maximum Gasteiger partial charge on any atom is 0.249 e. The molecule has 0 aliphatic carbocycles. The van der Waals surface area contributed by atoms with E-state index in [0.717, 1.165) is 5.56 Å². The third-order valence-corrected chi connectivity index (χ3v) is 4.83. The molecule has 10 nitrogen and oxygen atoms in total. The minimum atomic E-state index is -0.861. The van der Waals surface area contributed by atoms with Crippen LogP contribution >= 0.6 is 0 Å². The summed E-state index contributed by atoms with van der Waals surface area (Å²) in [5.41, 5.74) is 1.21. The van der Waals surface area contributed by atoms with Gasteiger partial charge in [-0.25, -0.2) is 4.68 Å². The Bertz CT molecular complexity index is 1100. The average Bonchev–Trinajstić information content (AvgIpc) is 3.22. The first-order valence-corrected chi connectivity index (χ1v) is 9.45. The number of rotatable bonds is 6. The molecule has 2 aromatic carbocycles. The van der Waals surface area contributed by atoms with Gasteiger partial charge in [0.25, 0.3) is 0 Å². The van der Waals surface area contributed by atoms with Gasteiger partial charge in [-0.3, -0.25) is 14.9 Å². The number of fused-ring (bicyclic) bond motifs is 1. The molecule has 1 aliphatic heterocycles. The molecule has 2 heterocycles. The summed E-state index contributed by atoms with van der Waals surface area (Å²) in [7, 11) is 4.63. The van der Waals surface area contributed by atoms with Gasteiger partial charge in [0, 0.05) is 29.4 Å². The Morgan fingerprint density at radius 2 is 1.68 bits per heavy atom. The molecule has 10 heteroatoms. The number of aromatic nitrogens is 3. The first kappa shape index (κ1) is 20.2. The second-order valence-corrected chi connectivity index (χ2v) is 6.79. The van der Waals surface area contributed by atoms with Gasteiger partial charge in [-0.15, -0.1) is 5.10 Å². The first-order chi connectivity index (χ1) is 15.0. The maximum absolute atomic E-state index is 13.0. The molecule has 2 N–H and O–H groups in total. The Morgan fingerprint density at radius 3 is 2.29 bits per heavy atom. The molecule has 0 radical (unpaired) electrons. The summed E-state index contributed by atoms with van der Waals surface area (Å²) in [5.74, 6) is 1.64. The smallest absolute Gasteiger partial charge is 0.249 e. The number of carbonyl (C=O) groups is 2. The first-order valence-electron chi connectivity index (χ1n) is 9.45. The largest absolute Gasteiger partial charge is 0.497 e. The van der Waals surface area contributed by atoms with Crippen molar-refractivity contribution in [2.45, 2.75) is 12.5 Å². The van der Waals surface area contributed by atoms with Crippen molar-refractivity contribution >= 4 is 23.5 Å². The molecule has 160 valence electrons. The van der Waals surface area contributed by atoms with Crippen molar-refractivity contribution in [1.82, 2.24) is 14.8 Å². The topological polar surface area (TPSA) is 117 Å². The molecular weight excluding hydrogens is 402 g/mol. The van der Waals surface area contributed by atoms with Crippen molar-refractivity contribution in [3.8, 4) is 28.6 Å². The number of hydrogen-bond donors (Lipinski definition) is 2. The van der Waals surface area contributed by atoms with Crippen molar-refractivity contribution in [2.24, 2.45) is 0 Å². The lowest BCUT2D eigenvalue weighted by atomic mass is 10.1. The zero-order valence-corrected chi connectivity index (χ0v) is 17.2. The molecule has 0 fully saturated rings. The molecule has 0 saturated carbocycles. The van der Waals surface area contributed by atoms with Gasteiger partial charge in [0.05, 0.1) is 27.8 Å². The van der Waals surface area contributed by atoms with E-state index in [1.807, 2.05) is 0 Å². The van der Waals surface area contributed by atoms with Crippen LogP contribution < -0.4 is 24.8 Å². The van der Waals surface area contributed by atoms with Gasteiger partial charge in [0.1, 0.15) is 23.3 Å². The number of anilines is 2. The fourth-order valence-electron chi connectivity index (χ4n) is 3.23. The molecule has 31 heavy (non-hydrogen) atoms. The number of amides is 2. The highest BCUT2D eigenvalue weighted by Crippen LogP contribution is 2.30. The highest BCUT2D eigenvalue weighted by Gasteiger charge is 2.33. The van der Waals surface area contributed by atoms with E-state index in [1.165, 1.54) is 18.9 Å². The van der Waals surface area contributed by atoms with Crippen LogP contribution in [-0.4, -0.2) is 47.9 Å². The molecule has 0 spiro atoms. The van der Waals surface area contributed by atoms with Crippen LogP contribution in [0.2, 0.25) is 0 Å². The highest BCUT2D eigenvalue weighted by molar-refractivity contribution is 6.01. The quantitative estimate of drug-likeness (QED) is 0.626. The summed E-state index contributed by atoms with van der Waals surface area (Å²) >= 11 is 0. The summed E-state index contributed by atoms with van der Waals surface area (Å²) < 4.78 is 17.1. The zero-order valence-electron chi connectivity index (χ0n) is 17.2. The molecule has 0 unspecified atom stereocenters. The SMILES string of the molecule is COc1ccc(-c2nc3n(n2)[C@H](C(=O)Nc2cc(OC)cc(OC)c2)CC(=O)N3)cc1. The van der Waals surface area contributed by atoms with Gasteiger partial charge in [0.15, 0.2) is 5.82 Å². The predicted molar refractivity (Wildman–Crippen MR) is 112 cm³/mol. The molecule has 0 bridgehead atoms. The van der Waals surface area contributed by atoms with Crippen LogP contribution in [0.5, 0.6) is 17.2 Å². The fraction of sp³-hybridized carbons (Fsp3) is 0.238. The van der Waals surface area contributed by atoms with Crippen LogP contribution in [0.25, 0.3) is 11.4 Å². The minimum absolute atomic E-state index is 0.0641. The number of ether oxygens (including phenoxy) is 3. The molecule has 1 aromatic heterocycles. The molecule has 3 aromatic rings. The Kier molecular flexibility index (Phi) is 5.44. The van der Waals surface area contributed by atoms with Crippen molar-refractivity contribution < 1.29 is 23.8 Å². The van der Waals surface area contributed by atoms with Gasteiger partial charge in [0.2, 0.25) is 17.8 Å². The van der Waals surface area contributed by atoms with Crippen LogP contribution in [0.1, 0.15) is 12.5 Å². The maximum atomic E-state index is 13.0. The molecule has 0 saturated heterocycles. The van der Waals surface area contributed by atoms with E-state index in [1.54, 1.807) is 49.6 Å². The van der Waals surface area contributed by atoms with Gasteiger partial charge in [-0.1, -0.05) is 0 Å². The lowest BCUT2D eigenvalue weighted by Crippen LogP contribution is -2.36. The summed E-state index contributed by atoms with van der Waals surface area (Å²) in [4.78, 5) is 29.6. The van der Waals surface area contributed by atoms with Crippen molar-refractivity contribution in [3.63, 3.8) is 0 Å². The van der Waals surface area contributed by atoms with Crippen LogP contribution in [0, 0.1) is 0 Å². The third-order valence-electron chi connectivity index (χ3n) is 4.83. The molecule has 2 amide bonds. The predicted octanol–water partition coefficient (Wildman–Crippen LogP) is 2.49. The monoisotopic (exact) mass is 423 g/mol. The number of methoxy groups -OCH3 is 3. The summed E-state index contributed by atoms with van der Waals surface area (Å²) in [6.07, 6.45) is -0.0641. The van der Waals surface area contributed by atoms with Gasteiger partial charge in [-0.05, 0) is 24.3 Å². The molecule has 4 rings (SSSR count). The highest BCUT2D eigenvalue weighted by atomic mass is 16.5. The van der Waals surface area contributed by atoms with E-state index in [4.69, 9.17) is 14.2 Å². The fourth-order valence-corrected chi connectivity index (χ4v) is 3.23. The molecular formula is C21H21N5O5. The van der Waals surface area contributed by atoms with E-state index in [2.05, 4.69) is 20.7 Å². The van der Waals surface area contributed by atoms with E-state index in [-0.39, 0.29) is 18.3 Å². The third kappa shape index (κ3) is 4.13. The summed E-state index contributed by atoms with van der Waals surface area (Å²) in [6.45, 7) is 0. The minimum Gasteiger partial charge on any atom is -0.497 e. The zero-order chi connectivity index (χ0) is 22.0. The van der Waals surface area contributed by atoms with E-state index < -0.39 is 11.9 Å². The van der Waals surface area contributed by atoms with Crippen LogP contribution in [0.3, 0.4) is 0 Å². The number of carbonyl (C=O) groups excluding carboxylic acids is 2. The van der Waals surface area contributed by atoms with E-state index in [9.17, 15) is 9.59 Å². The van der Waals surface area contributed by atoms with Crippen molar-refractivity contribution in [1.29, 1.82) is 0 Å². The van der Waals surface area contributed by atoms with Gasteiger partial charge < -0.3 is 19.5 Å². The standard InChI is InChI=1S/C21H21N5O5/c1-29-14-6-4-12(5-7-14)19-24-21-23-18(27)11-17(26(21)25-19)20(28)22-13-8-15(30-2)10-16(9-13)31-3/h4-10,17H,11H2,1-3H3,(H,22,28)(H,23,24,25,27)/t17-/m0/s1.